The molecule has 0 N–H and O–H groups in total. The van der Waals surface area contributed by atoms with Crippen LogP contribution in [0.1, 0.15) is 12.8 Å². The van der Waals surface area contributed by atoms with Gasteiger partial charge >= 0.3 is 0 Å². The van der Waals surface area contributed by atoms with Crippen molar-refractivity contribution in [2.75, 3.05) is 6.54 Å². The number of carbonyl (C=O) groups is 1. The minimum Gasteiger partial charge on any atom is -0.333 e. The third kappa shape index (κ3) is 1.50. The van der Waals surface area contributed by atoms with Gasteiger partial charge in [-0.15, -0.1) is 6.58 Å². The van der Waals surface area contributed by atoms with Gasteiger partial charge in [0.25, 0.3) is 0 Å². The average molecular weight is 151 g/mol. The van der Waals surface area contributed by atoms with Crippen LogP contribution in [0.2, 0.25) is 0 Å². The second-order valence-corrected chi connectivity index (χ2v) is 2.68. The molecule has 1 aliphatic rings. The second-order valence-electron chi connectivity index (χ2n) is 2.68. The van der Waals surface area contributed by atoms with Crippen molar-refractivity contribution in [1.82, 2.24) is 4.90 Å². The van der Waals surface area contributed by atoms with Gasteiger partial charge in [0.1, 0.15) is 0 Å². The van der Waals surface area contributed by atoms with E-state index in [1.54, 1.807) is 4.90 Å². The Bertz CT molecular complexity index is 186. The van der Waals surface area contributed by atoms with E-state index < -0.39 is 0 Å². The molecular formula is C9H13NO. The molecule has 0 aromatic heterocycles. The third-order valence-electron chi connectivity index (χ3n) is 2.03. The van der Waals surface area contributed by atoms with Gasteiger partial charge in [-0.3, -0.25) is 4.79 Å². The molecular weight excluding hydrogens is 138 g/mol. The fourth-order valence-corrected chi connectivity index (χ4v) is 1.43. The van der Waals surface area contributed by atoms with E-state index in [2.05, 4.69) is 13.2 Å². The first-order valence-electron chi connectivity index (χ1n) is 3.85. The largest absolute Gasteiger partial charge is 0.333 e. The van der Waals surface area contributed by atoms with Gasteiger partial charge in [-0.2, -0.15) is 0 Å². The zero-order valence-corrected chi connectivity index (χ0v) is 6.62. The molecule has 1 heterocycles. The molecule has 0 saturated carbocycles. The van der Waals surface area contributed by atoms with E-state index in [-0.39, 0.29) is 11.9 Å². The zero-order valence-electron chi connectivity index (χ0n) is 6.62. The summed E-state index contributed by atoms with van der Waals surface area (Å²) in [6.07, 6.45) is 5.32. The first kappa shape index (κ1) is 8.05. The molecule has 1 aliphatic heterocycles. The molecule has 60 valence electrons. The van der Waals surface area contributed by atoms with E-state index in [1.165, 1.54) is 6.08 Å². The standard InChI is InChI=1S/C9H13NO/c1-3-8-6-5-7-10(8)9(11)4-2/h3-4,8H,1-2,5-7H2/t8-/m0/s1. The first-order chi connectivity index (χ1) is 5.29. The monoisotopic (exact) mass is 151 g/mol. The quantitative estimate of drug-likeness (QED) is 0.431. The Morgan fingerprint density at radius 3 is 2.82 bits per heavy atom. The molecule has 0 unspecified atom stereocenters. The van der Waals surface area contributed by atoms with Gasteiger partial charge in [0, 0.05) is 6.54 Å². The van der Waals surface area contributed by atoms with Gasteiger partial charge in [0.2, 0.25) is 5.91 Å². The van der Waals surface area contributed by atoms with Crippen molar-refractivity contribution in [3.63, 3.8) is 0 Å². The van der Waals surface area contributed by atoms with Crippen LogP contribution >= 0.6 is 0 Å². The van der Waals surface area contributed by atoms with Crippen molar-refractivity contribution in [2.24, 2.45) is 0 Å². The number of amides is 1. The van der Waals surface area contributed by atoms with Crippen LogP contribution in [0.3, 0.4) is 0 Å². The smallest absolute Gasteiger partial charge is 0.246 e. The lowest BCUT2D eigenvalue weighted by molar-refractivity contribution is -0.126. The minimum atomic E-state index is 0.0207. The number of hydrogen-bond donors (Lipinski definition) is 0. The molecule has 0 bridgehead atoms. The molecule has 1 fully saturated rings. The predicted molar refractivity (Wildman–Crippen MR) is 45.1 cm³/mol. The molecule has 0 spiro atoms. The number of carbonyl (C=O) groups excluding carboxylic acids is 1. The molecule has 0 aliphatic carbocycles. The Hall–Kier alpha value is -1.05. The number of nitrogens with zero attached hydrogens (tertiary/aromatic N) is 1. The van der Waals surface area contributed by atoms with Crippen LogP contribution in [-0.4, -0.2) is 23.4 Å². The highest BCUT2D eigenvalue weighted by Crippen LogP contribution is 2.17. The Kier molecular flexibility index (Phi) is 2.47. The van der Waals surface area contributed by atoms with Crippen molar-refractivity contribution in [1.29, 1.82) is 0 Å². The maximum atomic E-state index is 11.1. The molecule has 2 nitrogen and oxygen atoms in total. The van der Waals surface area contributed by atoms with E-state index in [4.69, 9.17) is 0 Å². The summed E-state index contributed by atoms with van der Waals surface area (Å²) in [5, 5.41) is 0. The second kappa shape index (κ2) is 3.37. The Morgan fingerprint density at radius 1 is 1.55 bits per heavy atom. The zero-order chi connectivity index (χ0) is 8.27. The lowest BCUT2D eigenvalue weighted by atomic mass is 10.2. The van der Waals surface area contributed by atoms with E-state index in [0.717, 1.165) is 19.4 Å². The van der Waals surface area contributed by atoms with Gasteiger partial charge in [-0.05, 0) is 18.9 Å². The minimum absolute atomic E-state index is 0.0207. The lowest BCUT2D eigenvalue weighted by Crippen LogP contribution is -2.32. The number of likely N-dealkylation sites (tertiary alicyclic amines) is 1. The van der Waals surface area contributed by atoms with Crippen LogP contribution in [0, 0.1) is 0 Å². The summed E-state index contributed by atoms with van der Waals surface area (Å²) in [6, 6.07) is 0.237. The molecule has 0 radical (unpaired) electrons. The van der Waals surface area contributed by atoms with E-state index in [0.29, 0.717) is 0 Å². The highest BCUT2D eigenvalue weighted by atomic mass is 16.2. The molecule has 11 heavy (non-hydrogen) atoms. The molecule has 1 atom stereocenters. The van der Waals surface area contributed by atoms with Crippen molar-refractivity contribution < 1.29 is 4.79 Å². The van der Waals surface area contributed by atoms with Crippen molar-refractivity contribution >= 4 is 5.91 Å². The molecule has 0 aromatic rings. The van der Waals surface area contributed by atoms with Crippen LogP contribution in [0.25, 0.3) is 0 Å². The fraction of sp³-hybridized carbons (Fsp3) is 0.444. The molecule has 1 amide bonds. The van der Waals surface area contributed by atoms with Gasteiger partial charge in [0.15, 0.2) is 0 Å². The molecule has 1 rings (SSSR count). The summed E-state index contributed by atoms with van der Waals surface area (Å²) in [5.41, 5.74) is 0. The first-order valence-corrected chi connectivity index (χ1v) is 3.85. The van der Waals surface area contributed by atoms with Gasteiger partial charge in [-0.1, -0.05) is 12.7 Å². The van der Waals surface area contributed by atoms with Crippen molar-refractivity contribution in [3.05, 3.63) is 25.3 Å². The van der Waals surface area contributed by atoms with Crippen LogP contribution < -0.4 is 0 Å². The number of rotatable bonds is 2. The Balaban J connectivity index is 2.62. The molecule has 2 heteroatoms. The summed E-state index contributed by atoms with van der Waals surface area (Å²) in [7, 11) is 0. The maximum absolute atomic E-state index is 11.1. The third-order valence-corrected chi connectivity index (χ3v) is 2.03. The summed E-state index contributed by atoms with van der Waals surface area (Å²) < 4.78 is 0. The summed E-state index contributed by atoms with van der Waals surface area (Å²) >= 11 is 0. The van der Waals surface area contributed by atoms with E-state index >= 15 is 0 Å². The lowest BCUT2D eigenvalue weighted by Gasteiger charge is -2.19. The SMILES string of the molecule is C=CC(=O)N1CCC[C@@H]1C=C. The fourth-order valence-electron chi connectivity index (χ4n) is 1.43. The summed E-state index contributed by atoms with van der Waals surface area (Å²) in [4.78, 5) is 12.9. The maximum Gasteiger partial charge on any atom is 0.246 e. The van der Waals surface area contributed by atoms with Gasteiger partial charge in [0.05, 0.1) is 6.04 Å². The van der Waals surface area contributed by atoms with Crippen LogP contribution in [0.4, 0.5) is 0 Å². The van der Waals surface area contributed by atoms with Crippen LogP contribution in [0.5, 0.6) is 0 Å². The van der Waals surface area contributed by atoms with Crippen molar-refractivity contribution in [3.8, 4) is 0 Å². The van der Waals surface area contributed by atoms with Gasteiger partial charge < -0.3 is 4.90 Å². The molecule has 1 saturated heterocycles. The molecule has 0 aromatic carbocycles. The predicted octanol–water partition coefficient (Wildman–Crippen LogP) is 1.35. The summed E-state index contributed by atoms with van der Waals surface area (Å²) in [5.74, 6) is 0.0207. The highest BCUT2D eigenvalue weighted by Gasteiger charge is 2.23. The van der Waals surface area contributed by atoms with Gasteiger partial charge in [-0.25, -0.2) is 0 Å². The Morgan fingerprint density at radius 2 is 2.27 bits per heavy atom. The number of hydrogen-bond acceptors (Lipinski definition) is 1. The normalized spacial score (nSPS) is 23.3. The summed E-state index contributed by atoms with van der Waals surface area (Å²) in [6.45, 7) is 7.98. The van der Waals surface area contributed by atoms with Crippen LogP contribution in [-0.2, 0) is 4.79 Å². The average Bonchev–Trinajstić information content (AvgIpc) is 2.50. The van der Waals surface area contributed by atoms with Crippen LogP contribution in [0.15, 0.2) is 25.3 Å². The van der Waals surface area contributed by atoms with E-state index in [9.17, 15) is 4.79 Å². The Labute approximate surface area is 67.2 Å². The topological polar surface area (TPSA) is 20.3 Å². The van der Waals surface area contributed by atoms with Crippen molar-refractivity contribution in [2.45, 2.75) is 18.9 Å². The highest BCUT2D eigenvalue weighted by molar-refractivity contribution is 5.87. The van der Waals surface area contributed by atoms with E-state index in [1.807, 2.05) is 6.08 Å².